The summed E-state index contributed by atoms with van der Waals surface area (Å²) in [6.45, 7) is 9.74. The molecular weight excluding hydrogens is 216 g/mol. The molecule has 98 valence electrons. The van der Waals surface area contributed by atoms with Gasteiger partial charge in [0.05, 0.1) is 6.61 Å². The minimum atomic E-state index is -0.0852. The Morgan fingerprint density at radius 1 is 1.29 bits per heavy atom. The number of carbonyl (C=O) groups excluding carboxylic acids is 1. The molecule has 0 bridgehead atoms. The van der Waals surface area contributed by atoms with Crippen molar-refractivity contribution in [1.82, 2.24) is 9.80 Å². The van der Waals surface area contributed by atoms with Gasteiger partial charge in [0.1, 0.15) is 6.04 Å². The normalized spacial score (nSPS) is 24.6. The van der Waals surface area contributed by atoms with Gasteiger partial charge in [-0.1, -0.05) is 0 Å². The third-order valence-corrected chi connectivity index (χ3v) is 3.80. The largest absolute Gasteiger partial charge is 0.465 e. The molecule has 0 aromatic carbocycles. The summed E-state index contributed by atoms with van der Waals surface area (Å²) < 4.78 is 5.06. The van der Waals surface area contributed by atoms with Crippen molar-refractivity contribution in [3.8, 4) is 0 Å². The van der Waals surface area contributed by atoms with Crippen molar-refractivity contribution in [2.24, 2.45) is 5.92 Å². The third-order valence-electron chi connectivity index (χ3n) is 3.80. The van der Waals surface area contributed by atoms with E-state index in [-0.39, 0.29) is 12.0 Å². The van der Waals surface area contributed by atoms with Gasteiger partial charge in [-0.2, -0.15) is 0 Å². The van der Waals surface area contributed by atoms with Crippen LogP contribution in [0.15, 0.2) is 0 Å². The lowest BCUT2D eigenvalue weighted by Gasteiger charge is -2.37. The highest BCUT2D eigenvalue weighted by Crippen LogP contribution is 2.29. The Labute approximate surface area is 104 Å². The van der Waals surface area contributed by atoms with E-state index in [1.165, 1.54) is 19.4 Å². The van der Waals surface area contributed by atoms with E-state index in [1.807, 2.05) is 13.8 Å². The van der Waals surface area contributed by atoms with Crippen LogP contribution in [-0.4, -0.2) is 61.1 Å². The van der Waals surface area contributed by atoms with Gasteiger partial charge in [0.2, 0.25) is 0 Å². The molecular formula is C13H24N2O2. The molecule has 1 atom stereocenters. The van der Waals surface area contributed by atoms with Gasteiger partial charge < -0.3 is 9.64 Å². The Morgan fingerprint density at radius 2 is 1.94 bits per heavy atom. The predicted octanol–water partition coefficient (Wildman–Crippen LogP) is 0.966. The van der Waals surface area contributed by atoms with Crippen molar-refractivity contribution in [1.29, 1.82) is 0 Å². The number of carbonyl (C=O) groups is 1. The van der Waals surface area contributed by atoms with E-state index in [9.17, 15) is 4.79 Å². The highest BCUT2D eigenvalue weighted by Gasteiger charge is 2.29. The van der Waals surface area contributed by atoms with Gasteiger partial charge >= 0.3 is 5.97 Å². The van der Waals surface area contributed by atoms with E-state index in [2.05, 4.69) is 9.80 Å². The van der Waals surface area contributed by atoms with Gasteiger partial charge in [0, 0.05) is 32.7 Å². The Kier molecular flexibility index (Phi) is 4.40. The Bertz CT molecular complexity index is 258. The molecule has 1 saturated heterocycles. The molecule has 0 amide bonds. The number of nitrogens with zero attached hydrogens (tertiary/aromatic N) is 2. The molecule has 0 spiro atoms. The molecule has 1 heterocycles. The fourth-order valence-electron chi connectivity index (χ4n) is 2.41. The maximum Gasteiger partial charge on any atom is 0.323 e. The van der Waals surface area contributed by atoms with Crippen molar-refractivity contribution in [3.63, 3.8) is 0 Å². The average molecular weight is 240 g/mol. The van der Waals surface area contributed by atoms with Crippen LogP contribution >= 0.6 is 0 Å². The van der Waals surface area contributed by atoms with E-state index < -0.39 is 0 Å². The molecule has 0 aromatic rings. The number of hydrogen-bond donors (Lipinski definition) is 0. The molecule has 17 heavy (non-hydrogen) atoms. The highest BCUT2D eigenvalue weighted by molar-refractivity contribution is 5.75. The molecule has 0 radical (unpaired) electrons. The second-order valence-electron chi connectivity index (χ2n) is 5.21. The number of esters is 1. The number of hydrogen-bond acceptors (Lipinski definition) is 4. The minimum Gasteiger partial charge on any atom is -0.465 e. The van der Waals surface area contributed by atoms with Crippen LogP contribution in [0, 0.1) is 5.92 Å². The van der Waals surface area contributed by atoms with Crippen molar-refractivity contribution in [2.75, 3.05) is 39.3 Å². The van der Waals surface area contributed by atoms with Crippen LogP contribution in [0.25, 0.3) is 0 Å². The van der Waals surface area contributed by atoms with E-state index in [0.29, 0.717) is 6.61 Å². The van der Waals surface area contributed by atoms with Gasteiger partial charge in [0.15, 0.2) is 0 Å². The standard InChI is InChI=1S/C13H24N2O2/c1-3-17-13(16)11(2)15-8-6-14(7-9-15)10-12-4-5-12/h11-12H,3-10H2,1-2H3. The first-order chi connectivity index (χ1) is 8.20. The summed E-state index contributed by atoms with van der Waals surface area (Å²) in [4.78, 5) is 16.4. The molecule has 1 aliphatic heterocycles. The van der Waals surface area contributed by atoms with Crippen LogP contribution in [0.1, 0.15) is 26.7 Å². The predicted molar refractivity (Wildman–Crippen MR) is 66.8 cm³/mol. The van der Waals surface area contributed by atoms with Gasteiger partial charge in [-0.25, -0.2) is 0 Å². The summed E-state index contributed by atoms with van der Waals surface area (Å²) in [5.41, 5.74) is 0. The maximum absolute atomic E-state index is 11.6. The summed E-state index contributed by atoms with van der Waals surface area (Å²) in [5.74, 6) is 0.882. The van der Waals surface area contributed by atoms with Crippen LogP contribution in [0.4, 0.5) is 0 Å². The molecule has 0 N–H and O–H groups in total. The van der Waals surface area contributed by atoms with Crippen LogP contribution in [0.3, 0.4) is 0 Å². The second kappa shape index (κ2) is 5.83. The lowest BCUT2D eigenvalue weighted by Crippen LogP contribution is -2.52. The SMILES string of the molecule is CCOC(=O)C(C)N1CCN(CC2CC2)CC1. The minimum absolute atomic E-state index is 0.0804. The van der Waals surface area contributed by atoms with E-state index >= 15 is 0 Å². The smallest absolute Gasteiger partial charge is 0.323 e. The molecule has 1 aliphatic carbocycles. The van der Waals surface area contributed by atoms with Crippen LogP contribution < -0.4 is 0 Å². The van der Waals surface area contributed by atoms with Gasteiger partial charge in [-0.15, -0.1) is 0 Å². The number of piperazine rings is 1. The van der Waals surface area contributed by atoms with E-state index in [1.54, 1.807) is 0 Å². The van der Waals surface area contributed by atoms with Gasteiger partial charge in [-0.3, -0.25) is 9.69 Å². The zero-order chi connectivity index (χ0) is 12.3. The molecule has 1 saturated carbocycles. The Hall–Kier alpha value is -0.610. The van der Waals surface area contributed by atoms with Crippen LogP contribution in [-0.2, 0) is 9.53 Å². The van der Waals surface area contributed by atoms with Crippen LogP contribution in [0.2, 0.25) is 0 Å². The molecule has 2 rings (SSSR count). The van der Waals surface area contributed by atoms with Gasteiger partial charge in [-0.05, 0) is 32.6 Å². The molecule has 1 unspecified atom stereocenters. The Balaban J connectivity index is 1.71. The van der Waals surface area contributed by atoms with Crippen molar-refractivity contribution in [2.45, 2.75) is 32.7 Å². The second-order valence-corrected chi connectivity index (χ2v) is 5.21. The molecule has 4 nitrogen and oxygen atoms in total. The van der Waals surface area contributed by atoms with E-state index in [4.69, 9.17) is 4.74 Å². The molecule has 0 aromatic heterocycles. The lowest BCUT2D eigenvalue weighted by atomic mass is 10.2. The summed E-state index contributed by atoms with van der Waals surface area (Å²) in [5, 5.41) is 0. The molecule has 4 heteroatoms. The van der Waals surface area contributed by atoms with Crippen molar-refractivity contribution < 1.29 is 9.53 Å². The fraction of sp³-hybridized carbons (Fsp3) is 0.923. The maximum atomic E-state index is 11.6. The van der Waals surface area contributed by atoms with Crippen LogP contribution in [0.5, 0.6) is 0 Å². The zero-order valence-corrected chi connectivity index (χ0v) is 11.0. The molecule has 2 aliphatic rings. The zero-order valence-electron chi connectivity index (χ0n) is 11.0. The number of rotatable bonds is 5. The monoisotopic (exact) mass is 240 g/mol. The summed E-state index contributed by atoms with van der Waals surface area (Å²) in [7, 11) is 0. The summed E-state index contributed by atoms with van der Waals surface area (Å²) >= 11 is 0. The third kappa shape index (κ3) is 3.68. The Morgan fingerprint density at radius 3 is 2.47 bits per heavy atom. The van der Waals surface area contributed by atoms with Crippen molar-refractivity contribution >= 4 is 5.97 Å². The first-order valence-corrected chi connectivity index (χ1v) is 6.83. The van der Waals surface area contributed by atoms with E-state index in [0.717, 1.165) is 32.1 Å². The first-order valence-electron chi connectivity index (χ1n) is 6.83. The average Bonchev–Trinajstić information content (AvgIpc) is 3.13. The highest BCUT2D eigenvalue weighted by atomic mass is 16.5. The first kappa shape index (κ1) is 12.8. The fourth-order valence-corrected chi connectivity index (χ4v) is 2.41. The van der Waals surface area contributed by atoms with Gasteiger partial charge in [0.25, 0.3) is 0 Å². The lowest BCUT2D eigenvalue weighted by molar-refractivity contribution is -0.149. The van der Waals surface area contributed by atoms with Crippen molar-refractivity contribution in [3.05, 3.63) is 0 Å². The summed E-state index contributed by atoms with van der Waals surface area (Å²) in [6, 6.07) is -0.0852. The number of ether oxygens (including phenoxy) is 1. The summed E-state index contributed by atoms with van der Waals surface area (Å²) in [6.07, 6.45) is 2.83. The topological polar surface area (TPSA) is 32.8 Å². The quantitative estimate of drug-likeness (QED) is 0.670. The molecule has 2 fully saturated rings.